The van der Waals surface area contributed by atoms with E-state index >= 15 is 0 Å². The molecule has 2 aliphatic rings. The number of carbonyl (C=O) groups is 1. The highest BCUT2D eigenvalue weighted by Crippen LogP contribution is 2.26. The van der Waals surface area contributed by atoms with Crippen LogP contribution in [-0.2, 0) is 10.0 Å². The minimum absolute atomic E-state index is 0.00882. The quantitative estimate of drug-likeness (QED) is 0.820. The summed E-state index contributed by atoms with van der Waals surface area (Å²) >= 11 is 0. The number of hydrogen-bond acceptors (Lipinski definition) is 3. The number of sulfonamides is 1. The van der Waals surface area contributed by atoms with Crippen molar-refractivity contribution < 1.29 is 13.2 Å². The molecular formula is C18H26N2O3S. The van der Waals surface area contributed by atoms with Gasteiger partial charge in [-0.2, -0.15) is 4.31 Å². The zero-order valence-corrected chi connectivity index (χ0v) is 15.1. The minimum Gasteiger partial charge on any atom is -0.336 e. The second kappa shape index (κ2) is 7.23. The Morgan fingerprint density at radius 2 is 1.67 bits per heavy atom. The van der Waals surface area contributed by atoms with Crippen molar-refractivity contribution in [2.75, 3.05) is 19.6 Å². The van der Waals surface area contributed by atoms with E-state index in [2.05, 4.69) is 0 Å². The fraction of sp³-hybridized carbons (Fsp3) is 0.611. The van der Waals surface area contributed by atoms with E-state index in [1.165, 1.54) is 17.1 Å². The van der Waals surface area contributed by atoms with Crippen molar-refractivity contribution in [3.63, 3.8) is 0 Å². The molecule has 0 unspecified atom stereocenters. The summed E-state index contributed by atoms with van der Waals surface area (Å²) in [6.07, 6.45) is 6.34. The average Bonchev–Trinajstić information content (AvgIpc) is 3.29. The minimum atomic E-state index is -3.41. The van der Waals surface area contributed by atoms with Gasteiger partial charge in [0, 0.05) is 31.2 Å². The molecule has 1 saturated heterocycles. The maximum Gasteiger partial charge on any atom is 0.254 e. The Morgan fingerprint density at radius 1 is 1.08 bits per heavy atom. The van der Waals surface area contributed by atoms with E-state index in [4.69, 9.17) is 0 Å². The molecule has 0 N–H and O–H groups in total. The van der Waals surface area contributed by atoms with Gasteiger partial charge < -0.3 is 4.90 Å². The van der Waals surface area contributed by atoms with Crippen LogP contribution in [0.4, 0.5) is 0 Å². The Balaban J connectivity index is 1.77. The second-order valence-corrected chi connectivity index (χ2v) is 8.60. The number of rotatable bonds is 5. The van der Waals surface area contributed by atoms with Gasteiger partial charge in [-0.15, -0.1) is 0 Å². The fourth-order valence-corrected chi connectivity index (χ4v) is 5.31. The summed E-state index contributed by atoms with van der Waals surface area (Å²) in [6, 6.07) is 6.79. The lowest BCUT2D eigenvalue weighted by Gasteiger charge is -2.27. The van der Waals surface area contributed by atoms with Crippen molar-refractivity contribution in [3.8, 4) is 0 Å². The molecule has 0 aromatic heterocycles. The van der Waals surface area contributed by atoms with Crippen LogP contribution in [0.5, 0.6) is 0 Å². The molecule has 1 aromatic carbocycles. The lowest BCUT2D eigenvalue weighted by Crippen LogP contribution is -2.38. The van der Waals surface area contributed by atoms with E-state index in [-0.39, 0.29) is 10.8 Å². The van der Waals surface area contributed by atoms with Gasteiger partial charge >= 0.3 is 0 Å². The standard InChI is InChI=1S/C18H26N2O3S/c1-2-20(16-7-3-4-8-16)18(21)15-9-11-17(12-10-15)24(22,23)19-13-5-6-14-19/h9-12,16H,2-8,13-14H2,1H3. The maximum absolute atomic E-state index is 12.7. The van der Waals surface area contributed by atoms with E-state index in [1.807, 2.05) is 11.8 Å². The molecule has 0 bridgehead atoms. The number of hydrogen-bond donors (Lipinski definition) is 0. The van der Waals surface area contributed by atoms with Crippen LogP contribution in [0.1, 0.15) is 55.8 Å². The highest BCUT2D eigenvalue weighted by Gasteiger charge is 2.29. The normalized spacial score (nSPS) is 19.7. The van der Waals surface area contributed by atoms with Gasteiger partial charge in [0.25, 0.3) is 5.91 Å². The third-order valence-corrected chi connectivity index (χ3v) is 7.08. The Bertz CT molecular complexity index is 673. The van der Waals surface area contributed by atoms with Gasteiger partial charge in [-0.1, -0.05) is 12.8 Å². The van der Waals surface area contributed by atoms with E-state index in [0.29, 0.717) is 31.2 Å². The molecule has 1 aromatic rings. The first-order chi connectivity index (χ1) is 11.5. The molecule has 1 aliphatic heterocycles. The van der Waals surface area contributed by atoms with Gasteiger partial charge in [0.15, 0.2) is 0 Å². The molecule has 3 rings (SSSR count). The van der Waals surface area contributed by atoms with Gasteiger partial charge in [0.1, 0.15) is 0 Å². The van der Waals surface area contributed by atoms with Crippen LogP contribution in [0.2, 0.25) is 0 Å². The largest absolute Gasteiger partial charge is 0.336 e. The third-order valence-electron chi connectivity index (χ3n) is 5.17. The van der Waals surface area contributed by atoms with Crippen LogP contribution >= 0.6 is 0 Å². The van der Waals surface area contributed by atoms with Gasteiger partial charge in [-0.05, 0) is 56.9 Å². The van der Waals surface area contributed by atoms with Crippen LogP contribution in [0, 0.1) is 0 Å². The predicted octanol–water partition coefficient (Wildman–Crippen LogP) is 2.88. The molecule has 24 heavy (non-hydrogen) atoms. The Hall–Kier alpha value is -1.40. The first kappa shape index (κ1) is 17.4. The lowest BCUT2D eigenvalue weighted by molar-refractivity contribution is 0.0693. The molecule has 0 radical (unpaired) electrons. The van der Waals surface area contributed by atoms with Crippen LogP contribution in [0.3, 0.4) is 0 Å². The van der Waals surface area contributed by atoms with Crippen molar-refractivity contribution in [3.05, 3.63) is 29.8 Å². The summed E-state index contributed by atoms with van der Waals surface area (Å²) in [5.41, 5.74) is 0.573. The van der Waals surface area contributed by atoms with Gasteiger partial charge in [0.05, 0.1) is 4.90 Å². The van der Waals surface area contributed by atoms with E-state index in [9.17, 15) is 13.2 Å². The number of amides is 1. The number of benzene rings is 1. The average molecular weight is 350 g/mol. The lowest BCUT2D eigenvalue weighted by atomic mass is 10.1. The van der Waals surface area contributed by atoms with Crippen LogP contribution in [0.15, 0.2) is 29.2 Å². The molecule has 1 amide bonds. The molecule has 0 atom stereocenters. The summed E-state index contributed by atoms with van der Waals surface area (Å²) in [6.45, 7) is 3.88. The van der Waals surface area contributed by atoms with Crippen molar-refractivity contribution >= 4 is 15.9 Å². The molecule has 5 nitrogen and oxygen atoms in total. The van der Waals surface area contributed by atoms with E-state index in [0.717, 1.165) is 25.7 Å². The SMILES string of the molecule is CCN(C(=O)c1ccc(S(=O)(=O)N2CCCC2)cc1)C1CCCC1. The third kappa shape index (κ3) is 3.35. The molecular weight excluding hydrogens is 324 g/mol. The molecule has 132 valence electrons. The molecule has 1 heterocycles. The van der Waals surface area contributed by atoms with Gasteiger partial charge in [-0.25, -0.2) is 8.42 Å². The van der Waals surface area contributed by atoms with Gasteiger partial charge in [-0.3, -0.25) is 4.79 Å². The summed E-state index contributed by atoms with van der Waals surface area (Å²) in [7, 11) is -3.41. The summed E-state index contributed by atoms with van der Waals surface area (Å²) < 4.78 is 26.6. The highest BCUT2D eigenvalue weighted by atomic mass is 32.2. The summed E-state index contributed by atoms with van der Waals surface area (Å²) in [5.74, 6) is 0.00882. The van der Waals surface area contributed by atoms with Gasteiger partial charge in [0.2, 0.25) is 10.0 Å². The van der Waals surface area contributed by atoms with Crippen molar-refractivity contribution in [1.29, 1.82) is 0 Å². The smallest absolute Gasteiger partial charge is 0.254 e. The first-order valence-corrected chi connectivity index (χ1v) is 10.4. The van der Waals surface area contributed by atoms with Crippen molar-refractivity contribution in [2.24, 2.45) is 0 Å². The second-order valence-electron chi connectivity index (χ2n) is 6.67. The molecule has 6 heteroatoms. The first-order valence-electron chi connectivity index (χ1n) is 8.95. The zero-order valence-electron chi connectivity index (χ0n) is 14.3. The number of nitrogens with zero attached hydrogens (tertiary/aromatic N) is 2. The van der Waals surface area contributed by atoms with Crippen LogP contribution in [0.25, 0.3) is 0 Å². The molecule has 2 fully saturated rings. The Kier molecular flexibility index (Phi) is 5.25. The number of carbonyl (C=O) groups excluding carboxylic acids is 1. The van der Waals surface area contributed by atoms with E-state index in [1.54, 1.807) is 24.3 Å². The van der Waals surface area contributed by atoms with Crippen LogP contribution < -0.4 is 0 Å². The Labute approximate surface area is 144 Å². The summed E-state index contributed by atoms with van der Waals surface area (Å²) in [4.78, 5) is 15.0. The molecule has 0 spiro atoms. The van der Waals surface area contributed by atoms with Crippen LogP contribution in [-0.4, -0.2) is 49.2 Å². The fourth-order valence-electron chi connectivity index (χ4n) is 3.80. The monoisotopic (exact) mass is 350 g/mol. The zero-order chi connectivity index (χ0) is 17.2. The van der Waals surface area contributed by atoms with E-state index < -0.39 is 10.0 Å². The Morgan fingerprint density at radius 3 is 2.21 bits per heavy atom. The van der Waals surface area contributed by atoms with Crippen molar-refractivity contribution in [2.45, 2.75) is 56.4 Å². The maximum atomic E-state index is 12.7. The highest BCUT2D eigenvalue weighted by molar-refractivity contribution is 7.89. The van der Waals surface area contributed by atoms with Crippen molar-refractivity contribution in [1.82, 2.24) is 9.21 Å². The molecule has 1 saturated carbocycles. The predicted molar refractivity (Wildman–Crippen MR) is 93.4 cm³/mol. The topological polar surface area (TPSA) is 57.7 Å². The summed E-state index contributed by atoms with van der Waals surface area (Å²) in [5, 5.41) is 0. The molecule has 1 aliphatic carbocycles.